The van der Waals surface area contributed by atoms with Gasteiger partial charge < -0.3 is 14.3 Å². The molecule has 301 valence electrons. The number of furan rings is 1. The molecule has 0 unspecified atom stereocenters. The Morgan fingerprint density at radius 1 is 0.574 bits per heavy atom. The molecule has 0 fully saturated rings. The van der Waals surface area contributed by atoms with Crippen LogP contribution < -0.4 is 16.2 Å². The maximum Gasteiger partial charge on any atom is 0.197 e. The Labute approximate surface area is 361 Å². The van der Waals surface area contributed by atoms with Gasteiger partial charge in [0, 0.05) is 61.2 Å². The van der Waals surface area contributed by atoms with Gasteiger partial charge in [0.1, 0.15) is 11.2 Å². The summed E-state index contributed by atoms with van der Waals surface area (Å²) in [7, 11) is 2.50. The van der Waals surface area contributed by atoms with E-state index in [9.17, 15) is 0 Å². The fraction of sp³-hybridized carbons (Fsp3) is 0.263. The molecule has 1 N–H and O–H groups in total. The Morgan fingerprint density at radius 2 is 1.23 bits per heavy atom. The van der Waals surface area contributed by atoms with Crippen molar-refractivity contribution in [2.24, 2.45) is 0 Å². The summed E-state index contributed by atoms with van der Waals surface area (Å²) in [6.07, 6.45) is 0. The first-order chi connectivity index (χ1) is 28.9. The minimum absolute atomic E-state index is 0.0184. The number of fused-ring (bicyclic) bond motifs is 12. The second-order valence-electron chi connectivity index (χ2n) is 21.4. The highest BCUT2D eigenvalue weighted by molar-refractivity contribution is 6.74. The molecule has 7 aromatic carbocycles. The first-order valence-electron chi connectivity index (χ1n) is 22.0. The monoisotopic (exact) mass is 793 g/mol. The molecule has 4 heteroatoms. The third-order valence-corrected chi connectivity index (χ3v) is 13.9. The molecule has 0 amide bonds. The zero-order valence-electron chi connectivity index (χ0n) is 37.5. The van der Waals surface area contributed by atoms with Gasteiger partial charge in [-0.1, -0.05) is 154 Å². The highest BCUT2D eigenvalue weighted by atomic mass is 16.3. The largest absolute Gasteiger partial charge is 0.456 e. The number of anilines is 2. The summed E-state index contributed by atoms with van der Waals surface area (Å²) in [5.41, 5.74) is 21.7. The predicted octanol–water partition coefficient (Wildman–Crippen LogP) is 14.3. The number of nitrogens with one attached hydrogen (secondary N) is 1. The molecule has 1 aliphatic heterocycles. The molecule has 11 rings (SSSR count). The van der Waals surface area contributed by atoms with E-state index in [0.717, 1.165) is 39.0 Å². The van der Waals surface area contributed by atoms with Crippen LogP contribution >= 0.6 is 0 Å². The summed E-state index contributed by atoms with van der Waals surface area (Å²) in [6.45, 7) is 25.7. The van der Waals surface area contributed by atoms with Crippen molar-refractivity contribution >= 4 is 73.3 Å². The van der Waals surface area contributed by atoms with Gasteiger partial charge in [0.05, 0.1) is 5.52 Å². The van der Waals surface area contributed by atoms with Gasteiger partial charge in [0.25, 0.3) is 0 Å². The average Bonchev–Trinajstić information content (AvgIpc) is 3.82. The van der Waals surface area contributed by atoms with Crippen LogP contribution in [0.2, 0.25) is 0 Å². The van der Waals surface area contributed by atoms with Crippen LogP contribution in [0.3, 0.4) is 0 Å². The van der Waals surface area contributed by atoms with Crippen LogP contribution in [0.1, 0.15) is 104 Å². The molecule has 0 atom stereocenters. The van der Waals surface area contributed by atoms with Crippen molar-refractivity contribution < 1.29 is 4.42 Å². The summed E-state index contributed by atoms with van der Waals surface area (Å²) in [5.74, 6) is 0. The van der Waals surface area contributed by atoms with Gasteiger partial charge in [-0.3, -0.25) is 0 Å². The SMILES string of the molecule is CC(C)(C)c1ccc(Nc2ccc(C(C)(C)C)cc2-c2c3c(c4c5cc(C(C)(C)C)ccc5n5c4c2[B]c2cc4c(cc2-5)oc2ccccc24)-c2ccccc2C3(C)C)cc1. The first-order valence-corrected chi connectivity index (χ1v) is 22.0. The van der Waals surface area contributed by atoms with Crippen LogP contribution in [-0.2, 0) is 21.7 Å². The Kier molecular flexibility index (Phi) is 7.80. The summed E-state index contributed by atoms with van der Waals surface area (Å²) in [5, 5.41) is 8.89. The lowest BCUT2D eigenvalue weighted by Crippen LogP contribution is -2.38. The van der Waals surface area contributed by atoms with Crippen molar-refractivity contribution in [3.8, 4) is 27.9 Å². The van der Waals surface area contributed by atoms with Gasteiger partial charge >= 0.3 is 0 Å². The lowest BCUT2D eigenvalue weighted by atomic mass is 9.57. The van der Waals surface area contributed by atoms with Crippen molar-refractivity contribution in [3.05, 3.63) is 149 Å². The molecule has 3 heterocycles. The maximum absolute atomic E-state index is 6.60. The fourth-order valence-electron chi connectivity index (χ4n) is 10.5. The van der Waals surface area contributed by atoms with Crippen molar-refractivity contribution in [2.45, 2.75) is 97.8 Å². The number of rotatable bonds is 3. The molecule has 9 aromatic rings. The van der Waals surface area contributed by atoms with Crippen molar-refractivity contribution in [1.82, 2.24) is 4.57 Å². The molecular weight excluding hydrogens is 739 g/mol. The standard InChI is InChI=1S/C57H54BN2O/c1-54(2,3)32-20-24-35(25-21-32)59-43-26-22-33(55(4,5)6)28-39(43)50-51-48(37-17-12-14-18-41(37)57(51,10)11)49-40-29-34(56(7,8)9)23-27-44(40)60-45-31-47-38(30-42(45)58-52(50)53(49)60)36-16-13-15-19-46(36)61-47/h12-31,59H,1-11H3. The van der Waals surface area contributed by atoms with E-state index in [-0.39, 0.29) is 21.7 Å². The topological polar surface area (TPSA) is 30.1 Å². The van der Waals surface area contributed by atoms with Crippen LogP contribution in [0, 0.1) is 0 Å². The number of nitrogens with zero attached hydrogens (tertiary/aromatic N) is 1. The van der Waals surface area contributed by atoms with E-state index in [1.165, 1.54) is 82.8 Å². The molecule has 2 aromatic heterocycles. The number of hydrogen-bond donors (Lipinski definition) is 1. The van der Waals surface area contributed by atoms with E-state index < -0.39 is 0 Å². The zero-order valence-corrected chi connectivity index (χ0v) is 37.5. The van der Waals surface area contributed by atoms with Crippen molar-refractivity contribution in [3.63, 3.8) is 0 Å². The molecule has 61 heavy (non-hydrogen) atoms. The van der Waals surface area contributed by atoms with Gasteiger partial charge in [-0.15, -0.1) is 0 Å². The maximum atomic E-state index is 6.60. The van der Waals surface area contributed by atoms with Crippen molar-refractivity contribution in [1.29, 1.82) is 0 Å². The average molecular weight is 794 g/mol. The summed E-state index contributed by atoms with van der Waals surface area (Å²) in [6, 6.07) is 45.7. The number of para-hydroxylation sites is 1. The molecule has 3 nitrogen and oxygen atoms in total. The quantitative estimate of drug-likeness (QED) is 0.181. The summed E-state index contributed by atoms with van der Waals surface area (Å²) in [4.78, 5) is 0. The number of aromatic nitrogens is 1. The van der Waals surface area contributed by atoms with Gasteiger partial charge in [-0.05, 0) is 109 Å². The van der Waals surface area contributed by atoms with E-state index in [0.29, 0.717) is 0 Å². The highest BCUT2D eigenvalue weighted by Gasteiger charge is 2.43. The van der Waals surface area contributed by atoms with E-state index in [1.807, 2.05) is 0 Å². The first kappa shape index (κ1) is 38.0. The van der Waals surface area contributed by atoms with E-state index >= 15 is 0 Å². The smallest absolute Gasteiger partial charge is 0.197 e. The lowest BCUT2D eigenvalue weighted by Gasteiger charge is -2.31. The van der Waals surface area contributed by atoms with Crippen LogP contribution in [0.15, 0.2) is 126 Å². The highest BCUT2D eigenvalue weighted by Crippen LogP contribution is 2.57. The summed E-state index contributed by atoms with van der Waals surface area (Å²) >= 11 is 0. The lowest BCUT2D eigenvalue weighted by molar-refractivity contribution is 0.590. The minimum Gasteiger partial charge on any atom is -0.456 e. The third-order valence-electron chi connectivity index (χ3n) is 13.9. The van der Waals surface area contributed by atoms with Crippen LogP contribution in [0.5, 0.6) is 0 Å². The normalized spacial score (nSPS) is 14.4. The Balaban J connectivity index is 1.31. The molecular formula is C57H54BN2O. The molecule has 0 bridgehead atoms. The molecule has 0 saturated carbocycles. The second-order valence-corrected chi connectivity index (χ2v) is 21.4. The van der Waals surface area contributed by atoms with Crippen LogP contribution in [0.4, 0.5) is 11.4 Å². The van der Waals surface area contributed by atoms with Gasteiger partial charge in [-0.25, -0.2) is 0 Å². The molecule has 0 spiro atoms. The second kappa shape index (κ2) is 12.5. The predicted molar refractivity (Wildman–Crippen MR) is 262 cm³/mol. The Hall–Kier alpha value is -6.00. The Bertz CT molecular complexity index is 3320. The fourth-order valence-corrected chi connectivity index (χ4v) is 10.5. The third kappa shape index (κ3) is 5.57. The summed E-state index contributed by atoms with van der Waals surface area (Å²) < 4.78 is 9.17. The molecule has 2 aliphatic rings. The zero-order chi connectivity index (χ0) is 42.5. The molecule has 1 aliphatic carbocycles. The van der Waals surface area contributed by atoms with E-state index in [4.69, 9.17) is 4.42 Å². The van der Waals surface area contributed by atoms with E-state index in [1.54, 1.807) is 0 Å². The molecule has 1 radical (unpaired) electrons. The minimum atomic E-state index is -0.287. The van der Waals surface area contributed by atoms with Crippen LogP contribution in [-0.4, -0.2) is 11.8 Å². The number of benzene rings is 7. The van der Waals surface area contributed by atoms with Gasteiger partial charge in [0.15, 0.2) is 7.28 Å². The van der Waals surface area contributed by atoms with E-state index in [2.05, 4.69) is 215 Å². The number of hydrogen-bond acceptors (Lipinski definition) is 2. The van der Waals surface area contributed by atoms with Gasteiger partial charge in [-0.2, -0.15) is 0 Å². The van der Waals surface area contributed by atoms with Crippen molar-refractivity contribution in [2.75, 3.05) is 5.32 Å². The van der Waals surface area contributed by atoms with Crippen LogP contribution in [0.25, 0.3) is 71.7 Å². The Morgan fingerprint density at radius 3 is 1.97 bits per heavy atom. The van der Waals surface area contributed by atoms with Gasteiger partial charge in [0.2, 0.25) is 0 Å². The molecule has 0 saturated heterocycles.